The smallest absolute Gasteiger partial charge is 0.220 e. The van der Waals surface area contributed by atoms with Gasteiger partial charge in [0.2, 0.25) is 5.91 Å². The molecule has 1 atom stereocenters. The second-order valence-electron chi connectivity index (χ2n) is 4.84. The van der Waals surface area contributed by atoms with Gasteiger partial charge in [-0.1, -0.05) is 24.3 Å². The molecule has 2 aromatic rings. The Hall–Kier alpha value is -2.67. The van der Waals surface area contributed by atoms with Crippen LogP contribution in [0.25, 0.3) is 11.3 Å². The summed E-state index contributed by atoms with van der Waals surface area (Å²) in [6.45, 7) is 0.700. The average Bonchev–Trinajstić information content (AvgIpc) is 2.94. The maximum absolute atomic E-state index is 11.2. The molecule has 0 aliphatic carbocycles. The van der Waals surface area contributed by atoms with Gasteiger partial charge in [0.1, 0.15) is 6.07 Å². The van der Waals surface area contributed by atoms with E-state index in [1.54, 1.807) is 18.3 Å². The van der Waals surface area contributed by atoms with E-state index < -0.39 is 0 Å². The van der Waals surface area contributed by atoms with E-state index >= 15 is 0 Å². The normalized spacial score (nSPS) is 17.6. The lowest BCUT2D eigenvalue weighted by Crippen LogP contribution is -2.13. The third-order valence-electron chi connectivity index (χ3n) is 3.56. The van der Waals surface area contributed by atoms with Crippen LogP contribution < -0.4 is 5.32 Å². The fraction of sp³-hybridized carbons (Fsp3) is 0.188. The van der Waals surface area contributed by atoms with Crippen molar-refractivity contribution < 1.29 is 4.79 Å². The first-order chi connectivity index (χ1) is 9.78. The van der Waals surface area contributed by atoms with Crippen LogP contribution >= 0.6 is 0 Å². The Bertz CT molecular complexity index is 686. The predicted molar refractivity (Wildman–Crippen MR) is 74.8 cm³/mol. The molecule has 0 spiro atoms. The van der Waals surface area contributed by atoms with Gasteiger partial charge in [-0.25, -0.2) is 0 Å². The number of nitrogens with zero attached hydrogens (tertiary/aromatic N) is 2. The van der Waals surface area contributed by atoms with Crippen LogP contribution in [0.4, 0.5) is 0 Å². The minimum Gasteiger partial charge on any atom is -0.355 e. The standard InChI is InChI=1S/C16H13N3O/c17-9-13-2-1-7-18-16(13)12-5-3-11(4-6-12)14-8-15(20)19-10-14/h1-7,14H,8,10H2,(H,19,20). The van der Waals surface area contributed by atoms with Gasteiger partial charge >= 0.3 is 0 Å². The molecule has 1 fully saturated rings. The maximum Gasteiger partial charge on any atom is 0.220 e. The molecule has 4 heteroatoms. The largest absolute Gasteiger partial charge is 0.355 e. The quantitative estimate of drug-likeness (QED) is 0.903. The molecule has 3 rings (SSSR count). The van der Waals surface area contributed by atoms with E-state index in [1.165, 1.54) is 0 Å². The molecule has 1 N–H and O–H groups in total. The number of amides is 1. The zero-order valence-corrected chi connectivity index (χ0v) is 10.8. The van der Waals surface area contributed by atoms with Crippen LogP contribution in [-0.4, -0.2) is 17.4 Å². The van der Waals surface area contributed by atoms with Crippen LogP contribution in [0, 0.1) is 11.3 Å². The van der Waals surface area contributed by atoms with Gasteiger partial charge in [-0.15, -0.1) is 0 Å². The van der Waals surface area contributed by atoms with Gasteiger partial charge in [0.05, 0.1) is 11.3 Å². The number of nitrogens with one attached hydrogen (secondary N) is 1. The number of rotatable bonds is 2. The Kier molecular flexibility index (Phi) is 3.18. The number of benzene rings is 1. The van der Waals surface area contributed by atoms with Crippen molar-refractivity contribution in [1.29, 1.82) is 5.26 Å². The zero-order valence-electron chi connectivity index (χ0n) is 10.8. The summed E-state index contributed by atoms with van der Waals surface area (Å²) in [5, 5.41) is 11.9. The summed E-state index contributed by atoms with van der Waals surface area (Å²) in [7, 11) is 0. The average molecular weight is 263 g/mol. The summed E-state index contributed by atoms with van der Waals surface area (Å²) in [6, 6.07) is 13.6. The van der Waals surface area contributed by atoms with Gasteiger partial charge < -0.3 is 5.32 Å². The number of nitriles is 1. The number of pyridine rings is 1. The third kappa shape index (κ3) is 2.26. The highest BCUT2D eigenvalue weighted by Gasteiger charge is 2.22. The summed E-state index contributed by atoms with van der Waals surface area (Å²) in [5.41, 5.74) is 3.32. The second-order valence-corrected chi connectivity index (χ2v) is 4.84. The minimum atomic E-state index is 0.107. The van der Waals surface area contributed by atoms with Crippen molar-refractivity contribution in [3.63, 3.8) is 0 Å². The predicted octanol–water partition coefficient (Wildman–Crippen LogP) is 2.22. The first-order valence-electron chi connectivity index (χ1n) is 6.50. The van der Waals surface area contributed by atoms with E-state index in [1.807, 2.05) is 24.3 Å². The molecule has 98 valence electrons. The van der Waals surface area contributed by atoms with E-state index in [-0.39, 0.29) is 11.8 Å². The van der Waals surface area contributed by atoms with Gasteiger partial charge in [0.25, 0.3) is 0 Å². The van der Waals surface area contributed by atoms with Crippen molar-refractivity contribution in [2.24, 2.45) is 0 Å². The molecule has 0 bridgehead atoms. The van der Waals surface area contributed by atoms with Crippen molar-refractivity contribution >= 4 is 5.91 Å². The molecule has 0 radical (unpaired) electrons. The maximum atomic E-state index is 11.2. The van der Waals surface area contributed by atoms with Gasteiger partial charge in [-0.05, 0) is 17.7 Å². The van der Waals surface area contributed by atoms with Crippen LogP contribution in [0.15, 0.2) is 42.6 Å². The lowest BCUT2D eigenvalue weighted by Gasteiger charge is -2.09. The lowest BCUT2D eigenvalue weighted by atomic mass is 9.96. The molecule has 1 aliphatic heterocycles. The fourth-order valence-electron chi connectivity index (χ4n) is 2.48. The molecule has 1 aromatic heterocycles. The van der Waals surface area contributed by atoms with Crippen molar-refractivity contribution in [2.45, 2.75) is 12.3 Å². The second kappa shape index (κ2) is 5.14. The summed E-state index contributed by atoms with van der Waals surface area (Å²) in [4.78, 5) is 15.5. The van der Waals surface area contributed by atoms with Crippen molar-refractivity contribution in [1.82, 2.24) is 10.3 Å². The number of aromatic nitrogens is 1. The van der Waals surface area contributed by atoms with Crippen LogP contribution in [0.2, 0.25) is 0 Å². The van der Waals surface area contributed by atoms with E-state index in [4.69, 9.17) is 5.26 Å². The topological polar surface area (TPSA) is 65.8 Å². The molecular weight excluding hydrogens is 250 g/mol. The van der Waals surface area contributed by atoms with Gasteiger partial charge in [-0.2, -0.15) is 5.26 Å². The lowest BCUT2D eigenvalue weighted by molar-refractivity contribution is -0.119. The molecule has 20 heavy (non-hydrogen) atoms. The SMILES string of the molecule is N#Cc1cccnc1-c1ccc(C2CNC(=O)C2)cc1. The molecule has 1 aromatic carbocycles. The van der Waals surface area contributed by atoms with Crippen molar-refractivity contribution in [2.75, 3.05) is 6.54 Å². The van der Waals surface area contributed by atoms with E-state index in [9.17, 15) is 4.79 Å². The van der Waals surface area contributed by atoms with Crippen LogP contribution in [-0.2, 0) is 4.79 Å². The molecule has 1 saturated heterocycles. The van der Waals surface area contributed by atoms with Gasteiger partial charge in [-0.3, -0.25) is 9.78 Å². The Labute approximate surface area is 117 Å². The Morgan fingerprint density at radius 2 is 2.05 bits per heavy atom. The summed E-state index contributed by atoms with van der Waals surface area (Å²) in [5.74, 6) is 0.353. The molecular formula is C16H13N3O. The zero-order chi connectivity index (χ0) is 13.9. The highest BCUT2D eigenvalue weighted by molar-refractivity contribution is 5.79. The number of carbonyl (C=O) groups is 1. The minimum absolute atomic E-state index is 0.107. The molecule has 0 saturated carbocycles. The van der Waals surface area contributed by atoms with E-state index in [0.29, 0.717) is 24.2 Å². The molecule has 1 aliphatic rings. The molecule has 2 heterocycles. The summed E-state index contributed by atoms with van der Waals surface area (Å²) in [6.07, 6.45) is 2.23. The highest BCUT2D eigenvalue weighted by atomic mass is 16.1. The Morgan fingerprint density at radius 1 is 1.25 bits per heavy atom. The summed E-state index contributed by atoms with van der Waals surface area (Å²) >= 11 is 0. The van der Waals surface area contributed by atoms with Crippen molar-refractivity contribution in [3.05, 3.63) is 53.7 Å². The Balaban J connectivity index is 1.90. The highest BCUT2D eigenvalue weighted by Crippen LogP contribution is 2.26. The van der Waals surface area contributed by atoms with Gasteiger partial charge in [0, 0.05) is 30.6 Å². The number of carbonyl (C=O) groups excluding carboxylic acids is 1. The van der Waals surface area contributed by atoms with Crippen molar-refractivity contribution in [3.8, 4) is 17.3 Å². The van der Waals surface area contributed by atoms with Gasteiger partial charge in [0.15, 0.2) is 0 Å². The number of hydrogen-bond donors (Lipinski definition) is 1. The molecule has 1 unspecified atom stereocenters. The fourth-order valence-corrected chi connectivity index (χ4v) is 2.48. The van der Waals surface area contributed by atoms with Crippen LogP contribution in [0.3, 0.4) is 0 Å². The van der Waals surface area contributed by atoms with E-state index in [2.05, 4.69) is 16.4 Å². The van der Waals surface area contributed by atoms with Crippen LogP contribution in [0.5, 0.6) is 0 Å². The first kappa shape index (κ1) is 12.4. The third-order valence-corrected chi connectivity index (χ3v) is 3.56. The monoisotopic (exact) mass is 263 g/mol. The number of hydrogen-bond acceptors (Lipinski definition) is 3. The van der Waals surface area contributed by atoms with Crippen LogP contribution in [0.1, 0.15) is 23.5 Å². The summed E-state index contributed by atoms with van der Waals surface area (Å²) < 4.78 is 0. The molecule has 1 amide bonds. The molecule has 4 nitrogen and oxygen atoms in total. The first-order valence-corrected chi connectivity index (χ1v) is 6.50. The Morgan fingerprint density at radius 3 is 2.70 bits per heavy atom. The van der Waals surface area contributed by atoms with E-state index in [0.717, 1.165) is 11.1 Å².